The second-order valence-corrected chi connectivity index (χ2v) is 10.5. The number of amides is 1. The lowest BCUT2D eigenvalue weighted by Gasteiger charge is -2.26. The normalized spacial score (nSPS) is 14.7. The Labute approximate surface area is 194 Å². The van der Waals surface area contributed by atoms with Gasteiger partial charge in [0.2, 0.25) is 15.9 Å². The maximum Gasteiger partial charge on any atom is 0.293 e. The van der Waals surface area contributed by atoms with Gasteiger partial charge >= 0.3 is 0 Å². The van der Waals surface area contributed by atoms with Crippen molar-refractivity contribution < 1.29 is 18.1 Å². The summed E-state index contributed by atoms with van der Waals surface area (Å²) in [6.07, 6.45) is 2.52. The topological polar surface area (TPSA) is 113 Å². The maximum atomic E-state index is 12.9. The molecule has 0 unspecified atom stereocenters. The summed E-state index contributed by atoms with van der Waals surface area (Å²) in [7, 11) is -2.24. The number of hydrogen-bond acceptors (Lipinski definition) is 6. The Morgan fingerprint density at radius 2 is 1.70 bits per heavy atom. The van der Waals surface area contributed by atoms with Crippen molar-refractivity contribution in [3.05, 3.63) is 57.1 Å². The lowest BCUT2D eigenvalue weighted by Crippen LogP contribution is -2.35. The number of carbonyl (C=O) groups excluding carboxylic acids is 1. The van der Waals surface area contributed by atoms with Crippen molar-refractivity contribution in [2.45, 2.75) is 44.9 Å². The highest BCUT2D eigenvalue weighted by atomic mass is 32.2. The van der Waals surface area contributed by atoms with E-state index in [4.69, 9.17) is 0 Å². The predicted octanol–water partition coefficient (Wildman–Crippen LogP) is 3.77. The Balaban J connectivity index is 1.82. The first-order valence-electron chi connectivity index (χ1n) is 10.9. The average Bonchev–Trinajstić information content (AvgIpc) is 2.76. The average molecular weight is 475 g/mol. The molecule has 2 aromatic carbocycles. The highest BCUT2D eigenvalue weighted by molar-refractivity contribution is 7.89. The number of piperidine rings is 1. The van der Waals surface area contributed by atoms with E-state index in [0.29, 0.717) is 13.1 Å². The molecule has 1 amide bonds. The van der Waals surface area contributed by atoms with Crippen LogP contribution in [0.4, 0.5) is 17.1 Å². The number of rotatable bonds is 7. The molecule has 1 aliphatic heterocycles. The van der Waals surface area contributed by atoms with Crippen LogP contribution in [-0.4, -0.2) is 50.2 Å². The minimum Gasteiger partial charge on any atom is -0.360 e. The summed E-state index contributed by atoms with van der Waals surface area (Å²) in [5.74, 6) is -0.327. The Bertz CT molecular complexity index is 1150. The van der Waals surface area contributed by atoms with Gasteiger partial charge in [0, 0.05) is 31.9 Å². The van der Waals surface area contributed by atoms with Gasteiger partial charge in [-0.3, -0.25) is 14.9 Å². The monoisotopic (exact) mass is 474 g/mol. The highest BCUT2D eigenvalue weighted by Crippen LogP contribution is 2.32. The van der Waals surface area contributed by atoms with Gasteiger partial charge in [0.1, 0.15) is 5.69 Å². The summed E-state index contributed by atoms with van der Waals surface area (Å²) >= 11 is 0. The van der Waals surface area contributed by atoms with E-state index in [1.807, 2.05) is 32.9 Å². The van der Waals surface area contributed by atoms with Gasteiger partial charge in [-0.1, -0.05) is 24.1 Å². The molecule has 1 saturated heterocycles. The van der Waals surface area contributed by atoms with Gasteiger partial charge < -0.3 is 10.2 Å². The standard InChI is InChI=1S/C23H30N4O5S/c1-16-12-17(2)23(18(3)13-16)24-22(28)15-25(4)20-9-8-19(14-21(20)27(29)30)33(31,32)26-10-6-5-7-11-26/h8-9,12-14H,5-7,10-11,15H2,1-4H3,(H,24,28). The van der Waals surface area contributed by atoms with Gasteiger partial charge in [-0.05, 0) is 56.9 Å². The molecular weight excluding hydrogens is 444 g/mol. The molecule has 0 saturated carbocycles. The summed E-state index contributed by atoms with van der Waals surface area (Å²) in [5, 5.41) is 14.6. The number of nitrogens with one attached hydrogen (secondary N) is 1. The zero-order valence-corrected chi connectivity index (χ0v) is 20.2. The van der Waals surface area contributed by atoms with Gasteiger partial charge in [-0.2, -0.15) is 4.31 Å². The Hall–Kier alpha value is -2.98. The highest BCUT2D eigenvalue weighted by Gasteiger charge is 2.29. The zero-order chi connectivity index (χ0) is 24.3. The summed E-state index contributed by atoms with van der Waals surface area (Å²) in [5.41, 5.74) is 3.49. The molecule has 1 aliphatic rings. The van der Waals surface area contributed by atoms with E-state index < -0.39 is 14.9 Å². The van der Waals surface area contributed by atoms with Gasteiger partial charge in [0.15, 0.2) is 0 Å². The summed E-state index contributed by atoms with van der Waals surface area (Å²) in [6, 6.07) is 7.79. The van der Waals surface area contributed by atoms with E-state index in [-0.39, 0.29) is 28.7 Å². The van der Waals surface area contributed by atoms with Crippen LogP contribution in [0.5, 0.6) is 0 Å². The third kappa shape index (κ3) is 5.51. The fraction of sp³-hybridized carbons (Fsp3) is 0.435. The fourth-order valence-electron chi connectivity index (χ4n) is 4.24. The molecule has 1 fully saturated rings. The van der Waals surface area contributed by atoms with E-state index in [9.17, 15) is 23.3 Å². The van der Waals surface area contributed by atoms with Gasteiger partial charge in [0.05, 0.1) is 16.4 Å². The van der Waals surface area contributed by atoms with Crippen molar-refractivity contribution in [3.63, 3.8) is 0 Å². The number of nitro benzene ring substituents is 1. The molecular formula is C23H30N4O5S. The number of anilines is 2. The number of benzene rings is 2. The van der Waals surface area contributed by atoms with Crippen molar-refractivity contribution in [2.75, 3.05) is 36.9 Å². The summed E-state index contributed by atoms with van der Waals surface area (Å²) in [4.78, 5) is 25.1. The third-order valence-corrected chi connectivity index (χ3v) is 7.72. The van der Waals surface area contributed by atoms with Crippen molar-refractivity contribution in [1.29, 1.82) is 0 Å². The van der Waals surface area contributed by atoms with Crippen LogP contribution in [0.25, 0.3) is 0 Å². The largest absolute Gasteiger partial charge is 0.360 e. The number of sulfonamides is 1. The van der Waals surface area contributed by atoms with Crippen LogP contribution in [0.1, 0.15) is 36.0 Å². The van der Waals surface area contributed by atoms with Crippen LogP contribution in [0.15, 0.2) is 35.2 Å². The lowest BCUT2D eigenvalue weighted by molar-refractivity contribution is -0.384. The smallest absolute Gasteiger partial charge is 0.293 e. The van der Waals surface area contributed by atoms with Crippen molar-refractivity contribution >= 4 is 33.0 Å². The van der Waals surface area contributed by atoms with Gasteiger partial charge in [-0.15, -0.1) is 0 Å². The van der Waals surface area contributed by atoms with Gasteiger partial charge in [-0.25, -0.2) is 8.42 Å². The molecule has 9 nitrogen and oxygen atoms in total. The second kappa shape index (κ2) is 9.88. The lowest BCUT2D eigenvalue weighted by atomic mass is 10.1. The molecule has 10 heteroatoms. The quantitative estimate of drug-likeness (QED) is 0.483. The molecule has 0 radical (unpaired) electrons. The molecule has 2 aromatic rings. The van der Waals surface area contributed by atoms with E-state index >= 15 is 0 Å². The predicted molar refractivity (Wildman–Crippen MR) is 128 cm³/mol. The molecule has 3 rings (SSSR count). The first kappa shape index (κ1) is 24.7. The number of aryl methyl sites for hydroxylation is 3. The minimum absolute atomic E-state index is 0.108. The van der Waals surface area contributed by atoms with Gasteiger partial charge in [0.25, 0.3) is 5.69 Å². The number of carbonyl (C=O) groups is 1. The fourth-order valence-corrected chi connectivity index (χ4v) is 5.78. The summed E-state index contributed by atoms with van der Waals surface area (Å²) < 4.78 is 27.2. The number of likely N-dealkylation sites (N-methyl/N-ethyl adjacent to an activating group) is 1. The molecule has 0 spiro atoms. The van der Waals surface area contributed by atoms with E-state index in [1.54, 1.807) is 7.05 Å². The Kier molecular flexibility index (Phi) is 7.38. The van der Waals surface area contributed by atoms with Crippen LogP contribution in [-0.2, 0) is 14.8 Å². The molecule has 0 aliphatic carbocycles. The first-order chi connectivity index (χ1) is 15.5. The third-order valence-electron chi connectivity index (χ3n) is 5.83. The van der Waals surface area contributed by atoms with Crippen molar-refractivity contribution in [1.82, 2.24) is 4.31 Å². The van der Waals surface area contributed by atoms with Crippen LogP contribution < -0.4 is 10.2 Å². The molecule has 33 heavy (non-hydrogen) atoms. The van der Waals surface area contributed by atoms with E-state index in [1.165, 1.54) is 21.3 Å². The molecule has 1 heterocycles. The molecule has 0 atom stereocenters. The second-order valence-electron chi connectivity index (χ2n) is 8.55. The van der Waals surface area contributed by atoms with E-state index in [0.717, 1.165) is 47.7 Å². The van der Waals surface area contributed by atoms with Crippen LogP contribution in [0, 0.1) is 30.9 Å². The summed E-state index contributed by atoms with van der Waals surface area (Å²) in [6.45, 7) is 6.49. The van der Waals surface area contributed by atoms with Crippen LogP contribution in [0.3, 0.4) is 0 Å². The number of hydrogen-bond donors (Lipinski definition) is 1. The molecule has 178 valence electrons. The zero-order valence-electron chi connectivity index (χ0n) is 19.4. The van der Waals surface area contributed by atoms with Crippen molar-refractivity contribution in [2.24, 2.45) is 0 Å². The Morgan fingerprint density at radius 1 is 1.09 bits per heavy atom. The minimum atomic E-state index is -3.81. The SMILES string of the molecule is Cc1cc(C)c(NC(=O)CN(C)c2ccc(S(=O)(=O)N3CCCCC3)cc2[N+](=O)[O-])c(C)c1. The van der Waals surface area contributed by atoms with Crippen LogP contribution >= 0.6 is 0 Å². The number of nitrogens with zero attached hydrogens (tertiary/aromatic N) is 3. The first-order valence-corrected chi connectivity index (χ1v) is 12.3. The molecule has 1 N–H and O–H groups in total. The van der Waals surface area contributed by atoms with Crippen LogP contribution in [0.2, 0.25) is 0 Å². The molecule has 0 bridgehead atoms. The molecule has 0 aromatic heterocycles. The van der Waals surface area contributed by atoms with E-state index in [2.05, 4.69) is 5.32 Å². The van der Waals surface area contributed by atoms with Crippen molar-refractivity contribution in [3.8, 4) is 0 Å². The number of nitro groups is 1. The maximum absolute atomic E-state index is 12.9. The Morgan fingerprint density at radius 3 is 2.27 bits per heavy atom.